The largest absolute Gasteiger partial charge is 0.462 e. The van der Waals surface area contributed by atoms with E-state index in [4.69, 9.17) is 14.2 Å². The second kappa shape index (κ2) is 46.3. The fourth-order valence-corrected chi connectivity index (χ4v) is 6.27. The van der Waals surface area contributed by atoms with Gasteiger partial charge in [0, 0.05) is 19.3 Å². The van der Waals surface area contributed by atoms with Gasteiger partial charge < -0.3 is 14.2 Å². The van der Waals surface area contributed by atoms with Crippen LogP contribution >= 0.6 is 0 Å². The average Bonchev–Trinajstić information content (AvgIpc) is 3.22. The molecule has 0 aromatic carbocycles. The summed E-state index contributed by atoms with van der Waals surface area (Å²) in [7, 11) is 0. The zero-order valence-electron chi connectivity index (χ0n) is 37.5. The third-order valence-electron chi connectivity index (χ3n) is 9.80. The molecule has 0 heterocycles. The van der Waals surface area contributed by atoms with Gasteiger partial charge >= 0.3 is 17.9 Å². The average molecular weight is 807 g/mol. The van der Waals surface area contributed by atoms with Crippen molar-refractivity contribution in [3.8, 4) is 0 Å². The van der Waals surface area contributed by atoms with E-state index in [0.29, 0.717) is 19.3 Å². The van der Waals surface area contributed by atoms with Crippen LogP contribution in [0.25, 0.3) is 0 Å². The quantitative estimate of drug-likeness (QED) is 0.0265. The summed E-state index contributed by atoms with van der Waals surface area (Å²) in [6, 6.07) is 0. The monoisotopic (exact) mass is 807 g/mol. The van der Waals surface area contributed by atoms with Crippen LogP contribution in [0.4, 0.5) is 0 Å². The first-order valence-electron chi connectivity index (χ1n) is 23.7. The molecule has 6 nitrogen and oxygen atoms in total. The Morgan fingerprint density at radius 2 is 0.672 bits per heavy atom. The molecule has 0 fully saturated rings. The van der Waals surface area contributed by atoms with Crippen molar-refractivity contribution in [3.05, 3.63) is 85.1 Å². The number of esters is 3. The molecule has 0 aliphatic rings. The lowest BCUT2D eigenvalue weighted by Gasteiger charge is -2.18. The highest BCUT2D eigenvalue weighted by molar-refractivity contribution is 5.71. The van der Waals surface area contributed by atoms with Gasteiger partial charge in [0.15, 0.2) is 6.10 Å². The first-order chi connectivity index (χ1) is 28.5. The molecule has 0 N–H and O–H groups in total. The normalized spacial score (nSPS) is 12.8. The van der Waals surface area contributed by atoms with Gasteiger partial charge in [-0.3, -0.25) is 14.4 Å². The van der Waals surface area contributed by atoms with Crippen LogP contribution in [0.3, 0.4) is 0 Å². The van der Waals surface area contributed by atoms with Crippen LogP contribution in [-0.2, 0) is 28.6 Å². The van der Waals surface area contributed by atoms with Gasteiger partial charge in [-0.2, -0.15) is 0 Å². The van der Waals surface area contributed by atoms with E-state index in [0.717, 1.165) is 109 Å². The molecule has 0 radical (unpaired) electrons. The summed E-state index contributed by atoms with van der Waals surface area (Å²) in [5.41, 5.74) is 0. The van der Waals surface area contributed by atoms with E-state index in [-0.39, 0.29) is 31.1 Å². The highest BCUT2D eigenvalue weighted by Crippen LogP contribution is 2.14. The SMILES string of the molecule is CC\C=C/C=C\C=C/C=C\CCCCCCCC(=O)OCC(COC(=O)CCCCCCCCCCCCCC)OC(=O)CCCCCCC\C=C/C=C\C=C/CC. The van der Waals surface area contributed by atoms with Crippen LogP contribution in [0.1, 0.15) is 207 Å². The minimum Gasteiger partial charge on any atom is -0.462 e. The third kappa shape index (κ3) is 43.7. The molecule has 330 valence electrons. The third-order valence-corrected chi connectivity index (χ3v) is 9.80. The first kappa shape index (κ1) is 54.6. The second-order valence-corrected chi connectivity index (χ2v) is 15.4. The number of carbonyl (C=O) groups excluding carboxylic acids is 3. The molecule has 0 bridgehead atoms. The Bertz CT molecular complexity index is 1160. The molecule has 1 unspecified atom stereocenters. The summed E-state index contributed by atoms with van der Waals surface area (Å²) in [5.74, 6) is -0.942. The van der Waals surface area contributed by atoms with Crippen molar-refractivity contribution < 1.29 is 28.6 Å². The van der Waals surface area contributed by atoms with Crippen molar-refractivity contribution in [3.63, 3.8) is 0 Å². The molecule has 0 aliphatic carbocycles. The molecule has 0 aromatic rings. The second-order valence-electron chi connectivity index (χ2n) is 15.4. The molecule has 6 heteroatoms. The Morgan fingerprint density at radius 1 is 0.362 bits per heavy atom. The summed E-state index contributed by atoms with van der Waals surface area (Å²) in [6.45, 7) is 6.31. The Hall–Kier alpha value is -3.41. The topological polar surface area (TPSA) is 78.9 Å². The maximum absolute atomic E-state index is 12.7. The summed E-state index contributed by atoms with van der Waals surface area (Å²) < 4.78 is 16.7. The Morgan fingerprint density at radius 3 is 1.05 bits per heavy atom. The zero-order chi connectivity index (χ0) is 42.3. The summed E-state index contributed by atoms with van der Waals surface area (Å²) in [5, 5.41) is 0. The number of hydrogen-bond donors (Lipinski definition) is 0. The molecule has 0 spiro atoms. The molecular weight excluding hydrogens is 721 g/mol. The van der Waals surface area contributed by atoms with Gasteiger partial charge in [-0.1, -0.05) is 215 Å². The molecule has 0 saturated carbocycles. The summed E-state index contributed by atoms with van der Waals surface area (Å²) in [6.07, 6.45) is 58.4. The van der Waals surface area contributed by atoms with E-state index in [1.165, 1.54) is 57.8 Å². The van der Waals surface area contributed by atoms with Gasteiger partial charge in [0.1, 0.15) is 13.2 Å². The lowest BCUT2D eigenvalue weighted by atomic mass is 10.0. The van der Waals surface area contributed by atoms with E-state index < -0.39 is 6.10 Å². The number of ether oxygens (including phenoxy) is 3. The van der Waals surface area contributed by atoms with Gasteiger partial charge in [-0.05, 0) is 57.8 Å². The maximum atomic E-state index is 12.7. The number of allylic oxidation sites excluding steroid dienone is 14. The molecule has 0 aliphatic heterocycles. The van der Waals surface area contributed by atoms with Crippen LogP contribution in [0.15, 0.2) is 85.1 Å². The van der Waals surface area contributed by atoms with E-state index in [2.05, 4.69) is 81.5 Å². The standard InChI is InChI=1S/C52H86O6/c1-4-7-10-13-16-19-22-25-26-28-30-33-36-39-42-45-51(54)57-48-49(47-56-50(53)44-41-38-35-32-29-24-21-18-15-12-9-6-3)58-52(55)46-43-40-37-34-31-27-23-20-17-14-11-8-5-2/h7-8,10-11,13-14,16-17,19-20,22-23,25-26,49H,4-6,9,12,15,18,21,24,27-48H2,1-3H3/b10-7-,11-8-,16-13-,17-14-,22-19-,23-20-,26-25-. The number of unbranched alkanes of at least 4 members (excludes halogenated alkanes) is 21. The number of hydrogen-bond acceptors (Lipinski definition) is 6. The predicted molar refractivity (Wildman–Crippen MR) is 247 cm³/mol. The van der Waals surface area contributed by atoms with Gasteiger partial charge in [-0.15, -0.1) is 0 Å². The molecule has 0 amide bonds. The van der Waals surface area contributed by atoms with Crippen LogP contribution < -0.4 is 0 Å². The van der Waals surface area contributed by atoms with Crippen molar-refractivity contribution in [2.45, 2.75) is 213 Å². The van der Waals surface area contributed by atoms with Crippen LogP contribution in [0.5, 0.6) is 0 Å². The summed E-state index contributed by atoms with van der Waals surface area (Å²) in [4.78, 5) is 37.8. The molecular formula is C52H86O6. The molecule has 0 aromatic heterocycles. The fourth-order valence-electron chi connectivity index (χ4n) is 6.27. The number of rotatable bonds is 41. The molecule has 0 rings (SSSR count). The van der Waals surface area contributed by atoms with E-state index in [9.17, 15) is 14.4 Å². The van der Waals surface area contributed by atoms with E-state index >= 15 is 0 Å². The minimum absolute atomic E-state index is 0.0923. The highest BCUT2D eigenvalue weighted by atomic mass is 16.6. The molecule has 0 saturated heterocycles. The highest BCUT2D eigenvalue weighted by Gasteiger charge is 2.19. The zero-order valence-corrected chi connectivity index (χ0v) is 37.5. The molecule has 58 heavy (non-hydrogen) atoms. The Balaban J connectivity index is 4.46. The van der Waals surface area contributed by atoms with E-state index in [1.807, 2.05) is 24.3 Å². The van der Waals surface area contributed by atoms with Crippen molar-refractivity contribution in [2.24, 2.45) is 0 Å². The Labute approximate surface area is 356 Å². The van der Waals surface area contributed by atoms with Gasteiger partial charge in [0.05, 0.1) is 0 Å². The van der Waals surface area contributed by atoms with Crippen molar-refractivity contribution >= 4 is 17.9 Å². The predicted octanol–water partition coefficient (Wildman–Crippen LogP) is 15.3. The molecule has 1 atom stereocenters. The van der Waals surface area contributed by atoms with Crippen LogP contribution in [0.2, 0.25) is 0 Å². The van der Waals surface area contributed by atoms with E-state index in [1.54, 1.807) is 0 Å². The van der Waals surface area contributed by atoms with Crippen LogP contribution in [-0.4, -0.2) is 37.2 Å². The van der Waals surface area contributed by atoms with Gasteiger partial charge in [0.25, 0.3) is 0 Å². The fraction of sp³-hybridized carbons (Fsp3) is 0.673. The Kier molecular flexibility index (Phi) is 43.6. The maximum Gasteiger partial charge on any atom is 0.306 e. The van der Waals surface area contributed by atoms with Gasteiger partial charge in [-0.25, -0.2) is 0 Å². The van der Waals surface area contributed by atoms with Crippen molar-refractivity contribution in [1.29, 1.82) is 0 Å². The first-order valence-corrected chi connectivity index (χ1v) is 23.7. The lowest BCUT2D eigenvalue weighted by Crippen LogP contribution is -2.30. The van der Waals surface area contributed by atoms with Crippen molar-refractivity contribution in [1.82, 2.24) is 0 Å². The van der Waals surface area contributed by atoms with Crippen LogP contribution in [0, 0.1) is 0 Å². The smallest absolute Gasteiger partial charge is 0.306 e. The number of carbonyl (C=O) groups is 3. The van der Waals surface area contributed by atoms with Crippen molar-refractivity contribution in [2.75, 3.05) is 13.2 Å². The minimum atomic E-state index is -0.794. The summed E-state index contributed by atoms with van der Waals surface area (Å²) >= 11 is 0. The van der Waals surface area contributed by atoms with Gasteiger partial charge in [0.2, 0.25) is 0 Å². The lowest BCUT2D eigenvalue weighted by molar-refractivity contribution is -0.167.